The monoisotopic (exact) mass is 498 g/mol. The minimum absolute atomic E-state index is 0.136. The Labute approximate surface area is 216 Å². The van der Waals surface area contributed by atoms with Crippen molar-refractivity contribution in [3.8, 4) is 11.1 Å². The number of hydrogen-bond donors (Lipinski definition) is 1. The summed E-state index contributed by atoms with van der Waals surface area (Å²) in [6.45, 7) is 5.39. The molecule has 190 valence electrons. The second kappa shape index (κ2) is 10.7. The van der Waals surface area contributed by atoms with Crippen molar-refractivity contribution in [2.75, 3.05) is 7.11 Å². The predicted octanol–water partition coefficient (Wildman–Crippen LogP) is 5.61. The van der Waals surface area contributed by atoms with Crippen molar-refractivity contribution in [1.29, 1.82) is 0 Å². The normalized spacial score (nSPS) is 12.1. The third kappa shape index (κ3) is 6.06. The molecule has 1 amide bonds. The number of fused-ring (bicyclic) bond motifs is 1. The molecule has 1 heterocycles. The summed E-state index contributed by atoms with van der Waals surface area (Å²) in [6.07, 6.45) is 1.26. The molecule has 37 heavy (non-hydrogen) atoms. The van der Waals surface area contributed by atoms with E-state index in [1.807, 2.05) is 66.7 Å². The van der Waals surface area contributed by atoms with Gasteiger partial charge in [-0.05, 0) is 55.7 Å². The van der Waals surface area contributed by atoms with Gasteiger partial charge >= 0.3 is 12.1 Å². The Kier molecular flexibility index (Phi) is 7.43. The van der Waals surface area contributed by atoms with E-state index in [4.69, 9.17) is 9.47 Å². The summed E-state index contributed by atoms with van der Waals surface area (Å²) in [5.74, 6) is -0.978. The zero-order valence-electron chi connectivity index (χ0n) is 21.4. The SMILES string of the molecule is COC(=O)[C@@H](Cc1cn(C(=O)OC(C)(C)C)c2ccccc12)NC(=O)c1ccc(-c2ccccc2)cc1. The summed E-state index contributed by atoms with van der Waals surface area (Å²) < 4.78 is 11.9. The molecule has 0 fully saturated rings. The lowest BCUT2D eigenvalue weighted by molar-refractivity contribution is -0.142. The highest BCUT2D eigenvalue weighted by Gasteiger charge is 2.26. The van der Waals surface area contributed by atoms with Gasteiger partial charge in [0.05, 0.1) is 12.6 Å². The third-order valence-electron chi connectivity index (χ3n) is 5.85. The summed E-state index contributed by atoms with van der Waals surface area (Å²) in [7, 11) is 1.28. The molecule has 0 radical (unpaired) electrons. The summed E-state index contributed by atoms with van der Waals surface area (Å²) >= 11 is 0. The van der Waals surface area contributed by atoms with Crippen LogP contribution < -0.4 is 5.32 Å². The predicted molar refractivity (Wildman–Crippen MR) is 142 cm³/mol. The second-order valence-corrected chi connectivity index (χ2v) is 9.72. The van der Waals surface area contributed by atoms with Crippen LogP contribution in [0.25, 0.3) is 22.0 Å². The molecule has 1 atom stereocenters. The number of nitrogens with one attached hydrogen (secondary N) is 1. The van der Waals surface area contributed by atoms with Crippen LogP contribution in [0.2, 0.25) is 0 Å². The molecule has 0 bridgehead atoms. The van der Waals surface area contributed by atoms with Crippen LogP contribution in [-0.2, 0) is 20.7 Å². The molecule has 0 saturated heterocycles. The standard InChI is InChI=1S/C30H30N2O5/c1-30(2,3)37-29(35)32-19-23(24-12-8-9-13-26(24)32)18-25(28(34)36-4)31-27(33)22-16-14-21(15-17-22)20-10-6-5-7-11-20/h5-17,19,25H,18H2,1-4H3,(H,31,33)/t25-/m1/s1. The van der Waals surface area contributed by atoms with Gasteiger partial charge in [-0.15, -0.1) is 0 Å². The van der Waals surface area contributed by atoms with Crippen molar-refractivity contribution < 1.29 is 23.9 Å². The number of para-hydroxylation sites is 1. The Bertz CT molecular complexity index is 1420. The first kappa shape index (κ1) is 25.7. The lowest BCUT2D eigenvalue weighted by atomic mass is 10.0. The highest BCUT2D eigenvalue weighted by Crippen LogP contribution is 2.25. The van der Waals surface area contributed by atoms with Gasteiger partial charge in [0.25, 0.3) is 5.91 Å². The van der Waals surface area contributed by atoms with Gasteiger partial charge in [0, 0.05) is 23.6 Å². The number of carbonyl (C=O) groups is 3. The van der Waals surface area contributed by atoms with Crippen molar-refractivity contribution >= 4 is 28.9 Å². The van der Waals surface area contributed by atoms with E-state index in [-0.39, 0.29) is 6.42 Å². The highest BCUT2D eigenvalue weighted by atomic mass is 16.6. The van der Waals surface area contributed by atoms with Gasteiger partial charge in [0.15, 0.2) is 0 Å². The van der Waals surface area contributed by atoms with Crippen molar-refractivity contribution in [2.45, 2.75) is 38.8 Å². The molecule has 4 aromatic rings. The average Bonchev–Trinajstić information content (AvgIpc) is 3.26. The molecule has 0 saturated carbocycles. The van der Waals surface area contributed by atoms with Crippen LogP contribution in [0.15, 0.2) is 85.1 Å². The van der Waals surface area contributed by atoms with Crippen molar-refractivity contribution in [3.63, 3.8) is 0 Å². The van der Waals surface area contributed by atoms with E-state index in [9.17, 15) is 14.4 Å². The Morgan fingerprint density at radius 1 is 0.865 bits per heavy atom. The van der Waals surface area contributed by atoms with E-state index in [2.05, 4.69) is 5.32 Å². The zero-order valence-corrected chi connectivity index (χ0v) is 21.4. The van der Waals surface area contributed by atoms with Gasteiger partial charge in [-0.2, -0.15) is 0 Å². The minimum atomic E-state index is -0.954. The van der Waals surface area contributed by atoms with E-state index in [0.717, 1.165) is 16.5 Å². The van der Waals surface area contributed by atoms with E-state index < -0.39 is 29.6 Å². The number of rotatable bonds is 6. The number of aromatic nitrogens is 1. The number of amides is 1. The number of carbonyl (C=O) groups excluding carboxylic acids is 3. The average molecular weight is 499 g/mol. The summed E-state index contributed by atoms with van der Waals surface area (Å²) in [6, 6.07) is 23.4. The number of benzene rings is 3. The maximum atomic E-state index is 13.0. The fourth-order valence-electron chi connectivity index (χ4n) is 4.12. The summed E-state index contributed by atoms with van der Waals surface area (Å²) in [5, 5.41) is 3.58. The molecule has 7 heteroatoms. The molecule has 3 aromatic carbocycles. The lowest BCUT2D eigenvalue weighted by Gasteiger charge is -2.19. The maximum Gasteiger partial charge on any atom is 0.419 e. The third-order valence-corrected chi connectivity index (χ3v) is 5.85. The number of ether oxygens (including phenoxy) is 2. The van der Waals surface area contributed by atoms with Crippen LogP contribution in [0.3, 0.4) is 0 Å². The smallest absolute Gasteiger partial charge is 0.419 e. The molecule has 0 aliphatic rings. The van der Waals surface area contributed by atoms with Crippen molar-refractivity contribution in [3.05, 3.63) is 96.2 Å². The number of esters is 1. The van der Waals surface area contributed by atoms with Gasteiger partial charge in [-0.1, -0.05) is 60.7 Å². The Balaban J connectivity index is 1.57. The summed E-state index contributed by atoms with van der Waals surface area (Å²) in [4.78, 5) is 38.5. The first-order chi connectivity index (χ1) is 17.7. The topological polar surface area (TPSA) is 86.6 Å². The Hall–Kier alpha value is -4.39. The molecule has 1 N–H and O–H groups in total. The van der Waals surface area contributed by atoms with Gasteiger partial charge in [-0.25, -0.2) is 9.59 Å². The highest BCUT2D eigenvalue weighted by molar-refractivity contribution is 5.98. The van der Waals surface area contributed by atoms with E-state index in [1.165, 1.54) is 11.7 Å². The van der Waals surface area contributed by atoms with E-state index in [1.54, 1.807) is 39.1 Å². The molecular weight excluding hydrogens is 468 g/mol. The molecule has 0 aliphatic heterocycles. The number of nitrogens with zero attached hydrogens (tertiary/aromatic N) is 1. The quantitative estimate of drug-likeness (QED) is 0.350. The molecule has 4 rings (SSSR count). The van der Waals surface area contributed by atoms with Crippen LogP contribution in [-0.4, -0.2) is 41.3 Å². The van der Waals surface area contributed by atoms with Gasteiger partial charge in [-0.3, -0.25) is 9.36 Å². The second-order valence-electron chi connectivity index (χ2n) is 9.72. The van der Waals surface area contributed by atoms with E-state index in [0.29, 0.717) is 16.6 Å². The van der Waals surface area contributed by atoms with Crippen molar-refractivity contribution in [2.24, 2.45) is 0 Å². The molecule has 0 spiro atoms. The molecule has 0 unspecified atom stereocenters. The first-order valence-electron chi connectivity index (χ1n) is 12.0. The molecule has 7 nitrogen and oxygen atoms in total. The zero-order chi connectivity index (χ0) is 26.6. The Morgan fingerprint density at radius 2 is 1.49 bits per heavy atom. The minimum Gasteiger partial charge on any atom is -0.467 e. The van der Waals surface area contributed by atoms with Crippen LogP contribution in [0, 0.1) is 0 Å². The Morgan fingerprint density at radius 3 is 2.14 bits per heavy atom. The van der Waals surface area contributed by atoms with Gasteiger partial charge < -0.3 is 14.8 Å². The number of hydrogen-bond acceptors (Lipinski definition) is 5. The fraction of sp³-hybridized carbons (Fsp3) is 0.233. The fourth-order valence-corrected chi connectivity index (χ4v) is 4.12. The van der Waals surface area contributed by atoms with Crippen LogP contribution in [0.5, 0.6) is 0 Å². The number of methoxy groups -OCH3 is 1. The van der Waals surface area contributed by atoms with Gasteiger partial charge in [0.1, 0.15) is 11.6 Å². The van der Waals surface area contributed by atoms with Crippen LogP contribution in [0.4, 0.5) is 4.79 Å². The van der Waals surface area contributed by atoms with Crippen LogP contribution in [0.1, 0.15) is 36.7 Å². The molecule has 1 aromatic heterocycles. The van der Waals surface area contributed by atoms with Crippen LogP contribution >= 0.6 is 0 Å². The lowest BCUT2D eigenvalue weighted by Crippen LogP contribution is -2.43. The van der Waals surface area contributed by atoms with Gasteiger partial charge in [0.2, 0.25) is 0 Å². The maximum absolute atomic E-state index is 13.0. The molecule has 0 aliphatic carbocycles. The first-order valence-corrected chi connectivity index (χ1v) is 12.0. The van der Waals surface area contributed by atoms with E-state index >= 15 is 0 Å². The molecular formula is C30H30N2O5. The summed E-state index contributed by atoms with van der Waals surface area (Å²) in [5.41, 5.74) is 3.14. The largest absolute Gasteiger partial charge is 0.467 e. The van der Waals surface area contributed by atoms with Crippen molar-refractivity contribution in [1.82, 2.24) is 9.88 Å².